The molecule has 5 heteroatoms. The van der Waals surface area contributed by atoms with Crippen LogP contribution in [0.2, 0.25) is 0 Å². The largest absolute Gasteiger partial charge is 0.382 e. The van der Waals surface area contributed by atoms with Gasteiger partial charge < -0.3 is 15.2 Å². The average Bonchev–Trinajstić information content (AvgIpc) is 2.27. The van der Waals surface area contributed by atoms with Gasteiger partial charge in [0.05, 0.1) is 12.2 Å². The van der Waals surface area contributed by atoms with E-state index in [-0.39, 0.29) is 19.4 Å². The lowest BCUT2D eigenvalue weighted by Gasteiger charge is -2.58. The van der Waals surface area contributed by atoms with Gasteiger partial charge >= 0.3 is 0 Å². The number of alkyl halides is 2. The summed E-state index contributed by atoms with van der Waals surface area (Å²) < 4.78 is 37.5. The number of methoxy groups -OCH3 is 1. The number of nitrogens with two attached hydrogens (primary N) is 1. The van der Waals surface area contributed by atoms with Crippen LogP contribution in [0.1, 0.15) is 32.1 Å². The zero-order chi connectivity index (χ0) is 12.6. The van der Waals surface area contributed by atoms with Crippen molar-refractivity contribution < 1.29 is 18.3 Å². The van der Waals surface area contributed by atoms with Crippen LogP contribution in [0.3, 0.4) is 0 Å². The molecule has 0 aromatic rings. The predicted octanol–water partition coefficient (Wildman–Crippen LogP) is 1.95. The second-order valence-corrected chi connectivity index (χ2v) is 5.43. The topological polar surface area (TPSA) is 44.5 Å². The molecule has 3 nitrogen and oxygen atoms in total. The summed E-state index contributed by atoms with van der Waals surface area (Å²) in [6.07, 6.45) is 2.42. The number of hydrogen-bond acceptors (Lipinski definition) is 3. The van der Waals surface area contributed by atoms with Crippen molar-refractivity contribution >= 4 is 0 Å². The fourth-order valence-electron chi connectivity index (χ4n) is 3.36. The smallest absolute Gasteiger partial charge is 0.249 e. The number of halogens is 2. The van der Waals surface area contributed by atoms with Gasteiger partial charge in [-0.1, -0.05) is 0 Å². The Morgan fingerprint density at radius 2 is 2.00 bits per heavy atom. The van der Waals surface area contributed by atoms with Crippen molar-refractivity contribution in [2.45, 2.75) is 43.6 Å². The molecule has 1 heterocycles. The van der Waals surface area contributed by atoms with Crippen molar-refractivity contribution in [2.75, 3.05) is 26.9 Å². The van der Waals surface area contributed by atoms with E-state index < -0.39 is 16.9 Å². The second kappa shape index (κ2) is 4.44. The summed E-state index contributed by atoms with van der Waals surface area (Å²) in [7, 11) is 1.58. The van der Waals surface area contributed by atoms with E-state index in [9.17, 15) is 8.78 Å². The van der Waals surface area contributed by atoms with Gasteiger partial charge in [-0.25, -0.2) is 8.78 Å². The Labute approximate surface area is 101 Å². The van der Waals surface area contributed by atoms with Crippen LogP contribution in [0.15, 0.2) is 0 Å². The maximum Gasteiger partial charge on any atom is 0.249 e. The summed E-state index contributed by atoms with van der Waals surface area (Å²) in [6.45, 7) is 1.23. The van der Waals surface area contributed by atoms with Crippen LogP contribution < -0.4 is 5.73 Å². The highest BCUT2D eigenvalue weighted by Crippen LogP contribution is 2.60. The molecule has 0 aromatic heterocycles. The zero-order valence-corrected chi connectivity index (χ0v) is 10.3. The van der Waals surface area contributed by atoms with Gasteiger partial charge in [0.2, 0.25) is 5.92 Å². The maximum absolute atomic E-state index is 13.2. The fourth-order valence-corrected chi connectivity index (χ4v) is 3.36. The normalized spacial score (nSPS) is 35.3. The van der Waals surface area contributed by atoms with E-state index in [1.54, 1.807) is 7.11 Å². The van der Waals surface area contributed by atoms with E-state index in [0.29, 0.717) is 13.2 Å². The minimum absolute atomic E-state index is 0.167. The first kappa shape index (κ1) is 13.2. The van der Waals surface area contributed by atoms with Gasteiger partial charge in [0.1, 0.15) is 0 Å². The Kier molecular flexibility index (Phi) is 3.45. The zero-order valence-electron chi connectivity index (χ0n) is 10.3. The SMILES string of the molecule is COCC1(C2(CN)CC(F)(F)C2)CCCCO1. The van der Waals surface area contributed by atoms with Gasteiger partial charge in [-0.15, -0.1) is 0 Å². The molecule has 1 atom stereocenters. The molecular weight excluding hydrogens is 228 g/mol. The first-order chi connectivity index (χ1) is 7.99. The van der Waals surface area contributed by atoms with Gasteiger partial charge in [-0.3, -0.25) is 0 Å². The number of ether oxygens (including phenoxy) is 2. The van der Waals surface area contributed by atoms with Crippen LogP contribution >= 0.6 is 0 Å². The van der Waals surface area contributed by atoms with Crippen molar-refractivity contribution in [3.8, 4) is 0 Å². The van der Waals surface area contributed by atoms with Crippen molar-refractivity contribution in [3.05, 3.63) is 0 Å². The Morgan fingerprint density at radius 1 is 1.29 bits per heavy atom. The molecule has 100 valence electrons. The third-order valence-corrected chi connectivity index (χ3v) is 4.28. The van der Waals surface area contributed by atoms with E-state index >= 15 is 0 Å². The van der Waals surface area contributed by atoms with Crippen LogP contribution in [-0.2, 0) is 9.47 Å². The van der Waals surface area contributed by atoms with Gasteiger partial charge in [-0.05, 0) is 19.3 Å². The van der Waals surface area contributed by atoms with Crippen molar-refractivity contribution in [1.29, 1.82) is 0 Å². The quantitative estimate of drug-likeness (QED) is 0.828. The molecule has 2 rings (SSSR count). The van der Waals surface area contributed by atoms with E-state index in [0.717, 1.165) is 19.3 Å². The molecule has 0 amide bonds. The molecule has 1 aliphatic carbocycles. The summed E-state index contributed by atoms with van der Waals surface area (Å²) in [4.78, 5) is 0. The molecule has 2 fully saturated rings. The van der Waals surface area contributed by atoms with Crippen molar-refractivity contribution in [2.24, 2.45) is 11.1 Å². The molecule has 2 N–H and O–H groups in total. The molecule has 0 radical (unpaired) electrons. The van der Waals surface area contributed by atoms with Gasteiger partial charge in [0.25, 0.3) is 0 Å². The highest BCUT2D eigenvalue weighted by Gasteiger charge is 2.66. The van der Waals surface area contributed by atoms with E-state index in [1.807, 2.05) is 0 Å². The summed E-state index contributed by atoms with van der Waals surface area (Å²) in [6, 6.07) is 0. The van der Waals surface area contributed by atoms with E-state index in [4.69, 9.17) is 15.2 Å². The molecule has 1 saturated carbocycles. The number of hydrogen-bond donors (Lipinski definition) is 1. The van der Waals surface area contributed by atoms with Crippen molar-refractivity contribution in [3.63, 3.8) is 0 Å². The average molecular weight is 249 g/mol. The Hall–Kier alpha value is -0.260. The third-order valence-electron chi connectivity index (χ3n) is 4.28. The Balaban J connectivity index is 2.19. The molecule has 17 heavy (non-hydrogen) atoms. The maximum atomic E-state index is 13.2. The van der Waals surface area contributed by atoms with Gasteiger partial charge in [-0.2, -0.15) is 0 Å². The Bertz CT molecular complexity index is 264. The lowest BCUT2D eigenvalue weighted by molar-refractivity contribution is -0.272. The first-order valence-electron chi connectivity index (χ1n) is 6.20. The van der Waals surface area contributed by atoms with E-state index in [2.05, 4.69) is 0 Å². The minimum Gasteiger partial charge on any atom is -0.382 e. The van der Waals surface area contributed by atoms with Crippen LogP contribution in [0.5, 0.6) is 0 Å². The molecule has 1 aliphatic heterocycles. The third kappa shape index (κ3) is 2.09. The van der Waals surface area contributed by atoms with Gasteiger partial charge in [0.15, 0.2) is 0 Å². The summed E-state index contributed by atoms with van der Waals surface area (Å²) >= 11 is 0. The highest BCUT2D eigenvalue weighted by molar-refractivity contribution is 5.12. The molecule has 0 bridgehead atoms. The first-order valence-corrected chi connectivity index (χ1v) is 6.20. The predicted molar refractivity (Wildman–Crippen MR) is 60.1 cm³/mol. The van der Waals surface area contributed by atoms with Crippen LogP contribution in [0.25, 0.3) is 0 Å². The monoisotopic (exact) mass is 249 g/mol. The lowest BCUT2D eigenvalue weighted by Crippen LogP contribution is -2.67. The standard InChI is InChI=1S/C12H21F2NO2/c1-16-9-11(4-2-3-5-17-11)10(8-15)6-12(13,14)7-10/h2-9,15H2,1H3. The minimum atomic E-state index is -2.58. The Morgan fingerprint density at radius 3 is 2.41 bits per heavy atom. The molecule has 0 aromatic carbocycles. The number of rotatable bonds is 4. The second-order valence-electron chi connectivity index (χ2n) is 5.43. The van der Waals surface area contributed by atoms with Crippen LogP contribution in [0, 0.1) is 5.41 Å². The van der Waals surface area contributed by atoms with E-state index in [1.165, 1.54) is 0 Å². The molecule has 1 saturated heterocycles. The van der Waals surface area contributed by atoms with Crippen molar-refractivity contribution in [1.82, 2.24) is 0 Å². The lowest BCUT2D eigenvalue weighted by atomic mass is 9.55. The highest BCUT2D eigenvalue weighted by atomic mass is 19.3. The van der Waals surface area contributed by atoms with Gasteiger partial charge in [0, 0.05) is 38.5 Å². The van der Waals surface area contributed by atoms with Crippen LogP contribution in [0.4, 0.5) is 8.78 Å². The molecular formula is C12H21F2NO2. The summed E-state index contributed by atoms with van der Waals surface area (Å²) in [5.74, 6) is -2.58. The van der Waals surface area contributed by atoms with Crippen LogP contribution in [-0.4, -0.2) is 38.4 Å². The molecule has 0 spiro atoms. The fraction of sp³-hybridized carbons (Fsp3) is 1.00. The molecule has 1 unspecified atom stereocenters. The molecule has 2 aliphatic rings. The summed E-state index contributed by atoms with van der Waals surface area (Å²) in [5, 5.41) is 0. The summed E-state index contributed by atoms with van der Waals surface area (Å²) in [5.41, 5.74) is 4.56.